The van der Waals surface area contributed by atoms with Crippen LogP contribution in [-0.4, -0.2) is 36.7 Å². The van der Waals surface area contributed by atoms with Gasteiger partial charge < -0.3 is 10.1 Å². The summed E-state index contributed by atoms with van der Waals surface area (Å²) >= 11 is 0. The Hall–Kier alpha value is -1.45. The fourth-order valence-electron chi connectivity index (χ4n) is 1.68. The van der Waals surface area contributed by atoms with Crippen molar-refractivity contribution in [3.63, 3.8) is 0 Å². The first kappa shape index (κ1) is 23.8. The van der Waals surface area contributed by atoms with Gasteiger partial charge in [-0.3, -0.25) is 14.3 Å². The van der Waals surface area contributed by atoms with Gasteiger partial charge in [0.1, 0.15) is 6.04 Å². The Morgan fingerprint density at radius 3 is 2.00 bits per heavy atom. The molecule has 1 N–H and O–H groups in total. The molecule has 0 saturated carbocycles. The summed E-state index contributed by atoms with van der Waals surface area (Å²) in [5.74, 6) is -0.381. The number of methoxy groups -OCH3 is 1. The van der Waals surface area contributed by atoms with Crippen LogP contribution >= 0.6 is 9.39 Å². The highest BCUT2D eigenvalue weighted by atomic mass is 31.0. The number of amides is 1. The molecule has 23 heavy (non-hydrogen) atoms. The molecule has 2 atom stereocenters. The van der Waals surface area contributed by atoms with Gasteiger partial charge in [0, 0.05) is 12.6 Å². The van der Waals surface area contributed by atoms with E-state index in [1.165, 1.54) is 14.0 Å². The number of benzene rings is 1. The molecule has 1 unspecified atom stereocenters. The third kappa shape index (κ3) is 10.0. The highest BCUT2D eigenvalue weighted by Crippen LogP contribution is 2.15. The number of nitrogens with one attached hydrogen (secondary N) is 1. The van der Waals surface area contributed by atoms with Crippen molar-refractivity contribution >= 4 is 27.0 Å². The Morgan fingerprint density at radius 2 is 1.65 bits per heavy atom. The van der Waals surface area contributed by atoms with Crippen LogP contribution in [0.2, 0.25) is 0 Å². The summed E-state index contributed by atoms with van der Waals surface area (Å²) in [5, 5.41) is 2.70. The minimum absolute atomic E-state index is 0.107. The molecule has 0 fully saturated rings. The third-order valence-electron chi connectivity index (χ3n) is 2.67. The van der Waals surface area contributed by atoms with E-state index in [9.17, 15) is 9.59 Å². The zero-order valence-corrected chi connectivity index (χ0v) is 16.5. The number of carbonyl (C=O) groups excluding carboxylic acids is 2. The van der Waals surface area contributed by atoms with Gasteiger partial charge in [-0.2, -0.15) is 0 Å². The lowest BCUT2D eigenvalue weighted by atomic mass is 10.1. The van der Waals surface area contributed by atoms with Crippen LogP contribution in [0, 0.1) is 0 Å². The van der Waals surface area contributed by atoms with Crippen molar-refractivity contribution in [3.8, 4) is 0 Å². The molecule has 132 valence electrons. The van der Waals surface area contributed by atoms with Crippen molar-refractivity contribution in [2.45, 2.75) is 47.1 Å². The van der Waals surface area contributed by atoms with Gasteiger partial charge in [0.15, 0.2) is 0 Å². The number of hydrogen-bond acceptors (Lipinski definition) is 4. The van der Waals surface area contributed by atoms with Gasteiger partial charge in [-0.1, -0.05) is 49.2 Å². The Labute approximate surface area is 143 Å². The normalized spacial score (nSPS) is 10.5. The van der Waals surface area contributed by atoms with E-state index in [2.05, 4.69) is 14.7 Å². The number of rotatable bonds is 5. The van der Waals surface area contributed by atoms with E-state index >= 15 is 0 Å². The van der Waals surface area contributed by atoms with Crippen LogP contribution in [0.15, 0.2) is 24.3 Å². The molecule has 0 radical (unpaired) electrons. The molecule has 0 spiro atoms. The van der Waals surface area contributed by atoms with Crippen LogP contribution in [0.25, 0.3) is 0 Å². The first-order valence-corrected chi connectivity index (χ1v) is 8.37. The monoisotopic (exact) mass is 342 g/mol. The predicted octanol–water partition coefficient (Wildman–Crippen LogP) is 3.50. The zero-order chi connectivity index (χ0) is 18.4. The maximum atomic E-state index is 11.6. The van der Waals surface area contributed by atoms with Crippen molar-refractivity contribution < 1.29 is 14.3 Å². The van der Waals surface area contributed by atoms with E-state index in [0.29, 0.717) is 6.42 Å². The second-order valence-corrected chi connectivity index (χ2v) is 5.10. The van der Waals surface area contributed by atoms with Crippen molar-refractivity contribution in [1.29, 1.82) is 0 Å². The number of esters is 1. The van der Waals surface area contributed by atoms with Crippen LogP contribution in [0.5, 0.6) is 0 Å². The minimum atomic E-state index is -0.346. The summed E-state index contributed by atoms with van der Waals surface area (Å²) in [5.41, 5.74) is 1.74. The van der Waals surface area contributed by atoms with Crippen LogP contribution < -0.4 is 5.32 Å². The number of nitrogens with zero attached hydrogens (tertiary/aromatic N) is 1. The molecule has 0 aliphatic heterocycles. The van der Waals surface area contributed by atoms with Crippen molar-refractivity contribution in [2.75, 3.05) is 19.5 Å². The average Bonchev–Trinajstić information content (AvgIpc) is 2.56. The first-order valence-electron chi connectivity index (χ1n) is 7.86. The van der Waals surface area contributed by atoms with Crippen molar-refractivity contribution in [1.82, 2.24) is 4.67 Å². The van der Waals surface area contributed by atoms with Gasteiger partial charge in [-0.15, -0.1) is 0 Å². The molecular formula is C17H31N2O3P. The lowest BCUT2D eigenvalue weighted by molar-refractivity contribution is -0.144. The number of hydrogen-bond donors (Lipinski definition) is 1. The maximum Gasteiger partial charge on any atom is 0.323 e. The minimum Gasteiger partial charge on any atom is -0.468 e. The highest BCUT2D eigenvalue weighted by molar-refractivity contribution is 7.13. The third-order valence-corrected chi connectivity index (χ3v) is 3.03. The second-order valence-electron chi connectivity index (χ2n) is 4.29. The van der Waals surface area contributed by atoms with Gasteiger partial charge >= 0.3 is 5.97 Å². The summed E-state index contributed by atoms with van der Waals surface area (Å²) in [4.78, 5) is 22.5. The van der Waals surface area contributed by atoms with Crippen molar-refractivity contribution in [3.05, 3.63) is 29.8 Å². The van der Waals surface area contributed by atoms with E-state index < -0.39 is 0 Å². The molecule has 0 aliphatic carbocycles. The summed E-state index contributed by atoms with van der Waals surface area (Å²) < 4.78 is 6.51. The summed E-state index contributed by atoms with van der Waals surface area (Å²) in [6.07, 6.45) is 0.549. The molecule has 1 rings (SSSR count). The van der Waals surface area contributed by atoms with E-state index in [1.54, 1.807) is 11.7 Å². The summed E-state index contributed by atoms with van der Waals surface area (Å²) in [6, 6.07) is 7.05. The smallest absolute Gasteiger partial charge is 0.323 e. The molecule has 6 heteroatoms. The lowest BCUT2D eigenvalue weighted by Gasteiger charge is -2.21. The van der Waals surface area contributed by atoms with Gasteiger partial charge in [-0.05, 0) is 31.2 Å². The molecule has 0 heterocycles. The Morgan fingerprint density at radius 1 is 1.17 bits per heavy atom. The largest absolute Gasteiger partial charge is 0.468 e. The topological polar surface area (TPSA) is 58.6 Å². The van der Waals surface area contributed by atoms with Crippen LogP contribution in [0.1, 0.15) is 40.2 Å². The SMILES string of the molecule is CC.CC.COC(=O)[C@H](Cc1ccc(NC(C)=O)cc1)N(C)P. The molecular weight excluding hydrogens is 311 g/mol. The standard InChI is InChI=1S/C13H19N2O3P.2C2H6/c1-9(16)14-11-6-4-10(5-7-11)8-12(15(2)19)13(17)18-3;2*1-2/h4-7,12H,8,19H2,1-3H3,(H,14,16);2*1-2H3/t12-;;/m0../s1. The lowest BCUT2D eigenvalue weighted by Crippen LogP contribution is -2.35. The van der Waals surface area contributed by atoms with Crippen LogP contribution in [0.3, 0.4) is 0 Å². The van der Waals surface area contributed by atoms with Gasteiger partial charge in [0.05, 0.1) is 7.11 Å². The van der Waals surface area contributed by atoms with E-state index in [0.717, 1.165) is 11.3 Å². The second kappa shape index (κ2) is 14.2. The van der Waals surface area contributed by atoms with E-state index in [1.807, 2.05) is 52.0 Å². The average molecular weight is 342 g/mol. The Bertz CT molecular complexity index is 448. The molecule has 1 aromatic carbocycles. The molecule has 0 bridgehead atoms. The van der Waals surface area contributed by atoms with Crippen LogP contribution in [-0.2, 0) is 20.7 Å². The number of anilines is 1. The summed E-state index contributed by atoms with van der Waals surface area (Å²) in [7, 11) is 5.65. The quantitative estimate of drug-likeness (QED) is 0.657. The first-order chi connectivity index (χ1) is 10.9. The fourth-order valence-corrected chi connectivity index (χ4v) is 1.91. The van der Waals surface area contributed by atoms with E-state index in [4.69, 9.17) is 4.74 Å². The van der Waals surface area contributed by atoms with Gasteiger partial charge in [-0.25, -0.2) is 0 Å². The highest BCUT2D eigenvalue weighted by Gasteiger charge is 2.21. The molecule has 1 aromatic rings. The maximum absolute atomic E-state index is 11.6. The molecule has 0 saturated heterocycles. The van der Waals surface area contributed by atoms with Gasteiger partial charge in [0.25, 0.3) is 0 Å². The Kier molecular flexibility index (Phi) is 14.7. The van der Waals surface area contributed by atoms with E-state index in [-0.39, 0.29) is 17.9 Å². The number of likely N-dealkylation sites (N-methyl/N-ethyl adjacent to an activating group) is 1. The molecule has 5 nitrogen and oxygen atoms in total. The molecule has 0 aliphatic rings. The Balaban J connectivity index is 0. The number of ether oxygens (including phenoxy) is 1. The predicted molar refractivity (Wildman–Crippen MR) is 100 cm³/mol. The van der Waals surface area contributed by atoms with Gasteiger partial charge in [0.2, 0.25) is 5.91 Å². The zero-order valence-electron chi connectivity index (χ0n) is 15.3. The molecule has 0 aromatic heterocycles. The van der Waals surface area contributed by atoms with Crippen molar-refractivity contribution in [2.24, 2.45) is 0 Å². The number of carbonyl (C=O) groups is 2. The summed E-state index contributed by atoms with van der Waals surface area (Å²) in [6.45, 7) is 9.46. The van der Waals surface area contributed by atoms with Crippen LogP contribution in [0.4, 0.5) is 5.69 Å². The fraction of sp³-hybridized carbons (Fsp3) is 0.529. The molecule has 1 amide bonds.